The van der Waals surface area contributed by atoms with Crippen LogP contribution in [0.25, 0.3) is 6.08 Å². The van der Waals surface area contributed by atoms with Crippen molar-refractivity contribution >= 4 is 35.2 Å². The van der Waals surface area contributed by atoms with E-state index in [0.29, 0.717) is 36.0 Å². The van der Waals surface area contributed by atoms with Gasteiger partial charge >= 0.3 is 5.97 Å². The maximum atomic E-state index is 13.1. The van der Waals surface area contributed by atoms with Crippen molar-refractivity contribution in [2.75, 3.05) is 18.5 Å². The molecule has 8 heteroatoms. The molecule has 1 heterocycles. The molecule has 28 heavy (non-hydrogen) atoms. The van der Waals surface area contributed by atoms with Crippen LogP contribution in [0.4, 0.5) is 10.1 Å². The second-order valence-corrected chi connectivity index (χ2v) is 6.34. The SMILES string of the molecule is C[C@H](OC(=O)/C=C/c1ccc(F)c(Cl)c1)C(=O)Nc1ccc2c(c1)OCCO2. The van der Waals surface area contributed by atoms with E-state index < -0.39 is 23.8 Å². The lowest BCUT2D eigenvalue weighted by molar-refractivity contribution is -0.148. The van der Waals surface area contributed by atoms with Crippen molar-refractivity contribution in [3.8, 4) is 11.5 Å². The van der Waals surface area contributed by atoms with E-state index in [1.54, 1.807) is 18.2 Å². The number of anilines is 1. The Morgan fingerprint density at radius 3 is 2.68 bits per heavy atom. The summed E-state index contributed by atoms with van der Waals surface area (Å²) in [7, 11) is 0. The summed E-state index contributed by atoms with van der Waals surface area (Å²) < 4.78 is 29.1. The summed E-state index contributed by atoms with van der Waals surface area (Å²) in [4.78, 5) is 24.1. The summed E-state index contributed by atoms with van der Waals surface area (Å²) in [5.41, 5.74) is 1.02. The Labute approximate surface area is 165 Å². The van der Waals surface area contributed by atoms with Crippen molar-refractivity contribution in [3.63, 3.8) is 0 Å². The molecule has 1 atom stereocenters. The fraction of sp³-hybridized carbons (Fsp3) is 0.200. The first-order valence-corrected chi connectivity index (χ1v) is 8.84. The Bertz CT molecular complexity index is 931. The Morgan fingerprint density at radius 2 is 1.93 bits per heavy atom. The maximum absolute atomic E-state index is 13.1. The minimum atomic E-state index is -1.03. The predicted octanol–water partition coefficient (Wildman–Crippen LogP) is 3.83. The smallest absolute Gasteiger partial charge is 0.331 e. The Kier molecular flexibility index (Phi) is 6.16. The Hall–Kier alpha value is -3.06. The molecule has 3 rings (SSSR count). The molecule has 0 radical (unpaired) electrons. The highest BCUT2D eigenvalue weighted by Crippen LogP contribution is 2.32. The van der Waals surface area contributed by atoms with Crippen LogP contribution in [0.15, 0.2) is 42.5 Å². The predicted molar refractivity (Wildman–Crippen MR) is 102 cm³/mol. The molecule has 1 amide bonds. The van der Waals surface area contributed by atoms with E-state index in [1.165, 1.54) is 31.2 Å². The Morgan fingerprint density at radius 1 is 1.18 bits per heavy atom. The van der Waals surface area contributed by atoms with Crippen LogP contribution in [0.1, 0.15) is 12.5 Å². The minimum Gasteiger partial charge on any atom is -0.486 e. The summed E-state index contributed by atoms with van der Waals surface area (Å²) in [6.07, 6.45) is 1.53. The zero-order valence-corrected chi connectivity index (χ0v) is 15.7. The van der Waals surface area contributed by atoms with Gasteiger partial charge in [0.05, 0.1) is 5.02 Å². The van der Waals surface area contributed by atoms with Crippen LogP contribution in [0.5, 0.6) is 11.5 Å². The topological polar surface area (TPSA) is 73.9 Å². The van der Waals surface area contributed by atoms with Crippen LogP contribution in [0.3, 0.4) is 0 Å². The van der Waals surface area contributed by atoms with Crippen molar-refractivity contribution in [1.82, 2.24) is 0 Å². The third kappa shape index (κ3) is 5.01. The number of carbonyl (C=O) groups excluding carboxylic acids is 2. The van der Waals surface area contributed by atoms with Gasteiger partial charge in [0.15, 0.2) is 17.6 Å². The molecule has 0 aliphatic carbocycles. The molecule has 1 aliphatic rings. The van der Waals surface area contributed by atoms with Gasteiger partial charge < -0.3 is 19.5 Å². The number of rotatable bonds is 5. The van der Waals surface area contributed by atoms with Crippen LogP contribution in [-0.4, -0.2) is 31.2 Å². The molecule has 0 unspecified atom stereocenters. The number of nitrogens with one attached hydrogen (secondary N) is 1. The van der Waals surface area contributed by atoms with E-state index in [-0.39, 0.29) is 5.02 Å². The highest BCUT2D eigenvalue weighted by atomic mass is 35.5. The van der Waals surface area contributed by atoms with Gasteiger partial charge in [-0.2, -0.15) is 0 Å². The summed E-state index contributed by atoms with van der Waals surface area (Å²) in [6, 6.07) is 9.02. The van der Waals surface area contributed by atoms with Crippen LogP contribution >= 0.6 is 11.6 Å². The lowest BCUT2D eigenvalue weighted by atomic mass is 10.2. The number of amides is 1. The van der Waals surface area contributed by atoms with E-state index in [0.717, 1.165) is 6.08 Å². The molecule has 0 saturated heterocycles. The first kappa shape index (κ1) is 19.7. The lowest BCUT2D eigenvalue weighted by Crippen LogP contribution is -2.29. The molecule has 146 valence electrons. The molecule has 0 bridgehead atoms. The standard InChI is InChI=1S/C20H17ClFNO5/c1-12(28-19(24)7-3-13-2-5-16(22)15(21)10-13)20(25)23-14-4-6-17-18(11-14)27-9-8-26-17/h2-7,10-12H,8-9H2,1H3,(H,23,25)/b7-3+/t12-/m0/s1. The molecular weight excluding hydrogens is 389 g/mol. The van der Waals surface area contributed by atoms with Gasteiger partial charge in [0.1, 0.15) is 19.0 Å². The van der Waals surface area contributed by atoms with Gasteiger partial charge in [-0.05, 0) is 42.8 Å². The van der Waals surface area contributed by atoms with Gasteiger partial charge in [-0.1, -0.05) is 17.7 Å². The van der Waals surface area contributed by atoms with Crippen molar-refractivity contribution in [3.05, 3.63) is 58.9 Å². The number of hydrogen-bond donors (Lipinski definition) is 1. The number of ether oxygens (including phenoxy) is 3. The number of benzene rings is 2. The van der Waals surface area contributed by atoms with Gasteiger partial charge in [-0.3, -0.25) is 4.79 Å². The molecule has 2 aromatic rings. The van der Waals surface area contributed by atoms with E-state index in [1.807, 2.05) is 0 Å². The number of fused-ring (bicyclic) bond motifs is 1. The largest absolute Gasteiger partial charge is 0.486 e. The molecule has 0 saturated carbocycles. The molecule has 6 nitrogen and oxygen atoms in total. The van der Waals surface area contributed by atoms with Gasteiger partial charge in [0.25, 0.3) is 5.91 Å². The molecule has 1 N–H and O–H groups in total. The molecule has 2 aromatic carbocycles. The van der Waals surface area contributed by atoms with E-state index in [9.17, 15) is 14.0 Å². The quantitative estimate of drug-likeness (QED) is 0.604. The van der Waals surface area contributed by atoms with E-state index >= 15 is 0 Å². The fourth-order valence-electron chi connectivity index (χ4n) is 2.41. The number of carbonyl (C=O) groups is 2. The number of halogens is 2. The van der Waals surface area contributed by atoms with Crippen molar-refractivity contribution < 1.29 is 28.2 Å². The average molecular weight is 406 g/mol. The molecule has 0 aromatic heterocycles. The maximum Gasteiger partial charge on any atom is 0.331 e. The number of esters is 1. The van der Waals surface area contributed by atoms with Gasteiger partial charge in [-0.15, -0.1) is 0 Å². The van der Waals surface area contributed by atoms with Gasteiger partial charge in [-0.25, -0.2) is 9.18 Å². The summed E-state index contributed by atoms with van der Waals surface area (Å²) in [5.74, 6) is -0.622. The second kappa shape index (κ2) is 8.75. The highest BCUT2D eigenvalue weighted by Gasteiger charge is 2.18. The van der Waals surface area contributed by atoms with Crippen molar-refractivity contribution in [1.29, 1.82) is 0 Å². The second-order valence-electron chi connectivity index (χ2n) is 5.93. The summed E-state index contributed by atoms with van der Waals surface area (Å²) >= 11 is 5.68. The third-order valence-corrected chi connectivity index (χ3v) is 4.12. The molecular formula is C20H17ClFNO5. The number of hydrogen-bond acceptors (Lipinski definition) is 5. The monoisotopic (exact) mass is 405 g/mol. The molecule has 0 spiro atoms. The summed E-state index contributed by atoms with van der Waals surface area (Å²) in [6.45, 7) is 2.36. The van der Waals surface area contributed by atoms with E-state index in [2.05, 4.69) is 5.32 Å². The van der Waals surface area contributed by atoms with Crippen molar-refractivity contribution in [2.24, 2.45) is 0 Å². The first-order valence-electron chi connectivity index (χ1n) is 8.46. The normalized spacial score (nSPS) is 13.8. The van der Waals surface area contributed by atoms with Gasteiger partial charge in [0.2, 0.25) is 0 Å². The minimum absolute atomic E-state index is 0.0531. The molecule has 1 aliphatic heterocycles. The Balaban J connectivity index is 1.55. The summed E-state index contributed by atoms with van der Waals surface area (Å²) in [5, 5.41) is 2.60. The van der Waals surface area contributed by atoms with E-state index in [4.69, 9.17) is 25.8 Å². The van der Waals surface area contributed by atoms with Gasteiger partial charge in [0, 0.05) is 17.8 Å². The zero-order chi connectivity index (χ0) is 20.1. The van der Waals surface area contributed by atoms with Crippen molar-refractivity contribution in [2.45, 2.75) is 13.0 Å². The fourth-order valence-corrected chi connectivity index (χ4v) is 2.60. The van der Waals surface area contributed by atoms with Crippen LogP contribution in [0, 0.1) is 5.82 Å². The first-order chi connectivity index (χ1) is 13.4. The average Bonchev–Trinajstić information content (AvgIpc) is 2.68. The highest BCUT2D eigenvalue weighted by molar-refractivity contribution is 6.30. The zero-order valence-electron chi connectivity index (χ0n) is 14.9. The third-order valence-electron chi connectivity index (χ3n) is 3.83. The molecule has 0 fully saturated rings. The van der Waals surface area contributed by atoms with Crippen LogP contribution in [-0.2, 0) is 14.3 Å². The lowest BCUT2D eigenvalue weighted by Gasteiger charge is -2.19. The van der Waals surface area contributed by atoms with Crippen LogP contribution in [0.2, 0.25) is 5.02 Å². The van der Waals surface area contributed by atoms with Crippen LogP contribution < -0.4 is 14.8 Å².